The van der Waals surface area contributed by atoms with E-state index in [2.05, 4.69) is 14.9 Å². The van der Waals surface area contributed by atoms with Crippen molar-refractivity contribution < 1.29 is 22.1 Å². The molecule has 0 spiro atoms. The summed E-state index contributed by atoms with van der Waals surface area (Å²) >= 11 is 0. The number of aryl methyl sites for hydroxylation is 1. The lowest BCUT2D eigenvalue weighted by atomic mass is 9.95. The standard InChI is InChI=1S/C25H27N3O5S/c1-16(2)31-13-11-19-15-20(25-26-12-14-32-25)9-10-21(19)22-7-5-6-8-23(22)34(29,30)28-24-17(3)18(4)27-33-24/h5-10,12,14-16,28H,11,13H2,1-4H3. The number of nitrogens with zero attached hydrogens (tertiary/aromatic N) is 2. The average Bonchev–Trinajstić information content (AvgIpc) is 3.45. The maximum Gasteiger partial charge on any atom is 0.264 e. The van der Waals surface area contributed by atoms with Gasteiger partial charge >= 0.3 is 0 Å². The minimum atomic E-state index is -3.95. The van der Waals surface area contributed by atoms with Crippen LogP contribution in [0.15, 0.2) is 68.8 Å². The highest BCUT2D eigenvalue weighted by molar-refractivity contribution is 7.92. The van der Waals surface area contributed by atoms with Gasteiger partial charge in [0.05, 0.1) is 29.5 Å². The van der Waals surface area contributed by atoms with Gasteiger partial charge in [-0.15, -0.1) is 0 Å². The van der Waals surface area contributed by atoms with Crippen molar-refractivity contribution in [3.63, 3.8) is 0 Å². The normalized spacial score (nSPS) is 11.8. The zero-order valence-electron chi connectivity index (χ0n) is 19.5. The van der Waals surface area contributed by atoms with Crippen LogP contribution in [0.5, 0.6) is 0 Å². The van der Waals surface area contributed by atoms with Crippen LogP contribution >= 0.6 is 0 Å². The first-order valence-corrected chi connectivity index (χ1v) is 12.4. The van der Waals surface area contributed by atoms with Crippen LogP contribution in [0.4, 0.5) is 5.88 Å². The molecule has 2 heterocycles. The van der Waals surface area contributed by atoms with E-state index < -0.39 is 10.0 Å². The number of rotatable bonds is 9. The molecule has 1 N–H and O–H groups in total. The molecular weight excluding hydrogens is 454 g/mol. The van der Waals surface area contributed by atoms with Crippen molar-refractivity contribution in [3.05, 3.63) is 71.7 Å². The molecule has 0 aliphatic heterocycles. The highest BCUT2D eigenvalue weighted by Gasteiger charge is 2.24. The summed E-state index contributed by atoms with van der Waals surface area (Å²) < 4.78 is 45.7. The highest BCUT2D eigenvalue weighted by atomic mass is 32.2. The molecule has 0 unspecified atom stereocenters. The Morgan fingerprint density at radius 1 is 1.09 bits per heavy atom. The zero-order valence-corrected chi connectivity index (χ0v) is 20.3. The smallest absolute Gasteiger partial charge is 0.264 e. The number of benzene rings is 2. The van der Waals surface area contributed by atoms with Crippen LogP contribution in [0.3, 0.4) is 0 Å². The average molecular weight is 482 g/mol. The first-order valence-electron chi connectivity index (χ1n) is 11.0. The van der Waals surface area contributed by atoms with E-state index in [-0.39, 0.29) is 16.9 Å². The van der Waals surface area contributed by atoms with Gasteiger partial charge in [0.2, 0.25) is 11.8 Å². The molecule has 4 rings (SSSR count). The predicted molar refractivity (Wildman–Crippen MR) is 129 cm³/mol. The fraction of sp³-hybridized carbons (Fsp3) is 0.280. The summed E-state index contributed by atoms with van der Waals surface area (Å²) in [7, 11) is -3.95. The summed E-state index contributed by atoms with van der Waals surface area (Å²) in [6.07, 6.45) is 3.78. The molecule has 0 aliphatic carbocycles. The summed E-state index contributed by atoms with van der Waals surface area (Å²) in [6, 6.07) is 12.6. The third kappa shape index (κ3) is 5.05. The molecule has 0 amide bonds. The van der Waals surface area contributed by atoms with E-state index in [1.165, 1.54) is 6.26 Å². The van der Waals surface area contributed by atoms with E-state index in [9.17, 15) is 8.42 Å². The van der Waals surface area contributed by atoms with Crippen LogP contribution in [-0.2, 0) is 21.2 Å². The van der Waals surface area contributed by atoms with Gasteiger partial charge in [-0.1, -0.05) is 29.4 Å². The maximum absolute atomic E-state index is 13.4. The Balaban J connectivity index is 1.77. The van der Waals surface area contributed by atoms with Gasteiger partial charge in [-0.05, 0) is 63.4 Å². The molecule has 8 nitrogen and oxygen atoms in total. The summed E-state index contributed by atoms with van der Waals surface area (Å²) in [4.78, 5) is 4.37. The number of oxazole rings is 1. The number of anilines is 1. The molecule has 0 atom stereocenters. The topological polar surface area (TPSA) is 107 Å². The molecule has 9 heteroatoms. The zero-order chi connectivity index (χ0) is 24.3. The second-order valence-electron chi connectivity index (χ2n) is 8.20. The molecule has 178 valence electrons. The van der Waals surface area contributed by atoms with Crippen molar-refractivity contribution in [2.45, 2.75) is 45.1 Å². The van der Waals surface area contributed by atoms with Crippen LogP contribution in [0.1, 0.15) is 30.7 Å². The Kier molecular flexibility index (Phi) is 6.85. The molecular formula is C25H27N3O5S. The molecule has 4 aromatic rings. The van der Waals surface area contributed by atoms with Gasteiger partial charge < -0.3 is 13.7 Å². The van der Waals surface area contributed by atoms with Gasteiger partial charge in [0.25, 0.3) is 10.0 Å². The SMILES string of the molecule is Cc1noc(NS(=O)(=O)c2ccccc2-c2ccc(-c3ncco3)cc2CCOC(C)C)c1C. The molecule has 0 fully saturated rings. The van der Waals surface area contributed by atoms with Crippen molar-refractivity contribution in [2.75, 3.05) is 11.3 Å². The van der Waals surface area contributed by atoms with Crippen LogP contribution in [0.2, 0.25) is 0 Å². The third-order valence-corrected chi connectivity index (χ3v) is 6.85. The van der Waals surface area contributed by atoms with Gasteiger partial charge in [0.15, 0.2) is 0 Å². The molecule has 2 aromatic carbocycles. The maximum atomic E-state index is 13.4. The van der Waals surface area contributed by atoms with E-state index in [4.69, 9.17) is 13.7 Å². The fourth-order valence-electron chi connectivity index (χ4n) is 3.58. The van der Waals surface area contributed by atoms with Crippen LogP contribution < -0.4 is 4.72 Å². The van der Waals surface area contributed by atoms with Gasteiger partial charge in [-0.25, -0.2) is 18.1 Å². The number of hydrogen-bond acceptors (Lipinski definition) is 7. The van der Waals surface area contributed by atoms with Crippen LogP contribution in [0.25, 0.3) is 22.6 Å². The van der Waals surface area contributed by atoms with Crippen molar-refractivity contribution in [2.24, 2.45) is 0 Å². The van der Waals surface area contributed by atoms with Gasteiger partial charge in [0.1, 0.15) is 6.26 Å². The fourth-order valence-corrected chi connectivity index (χ4v) is 4.85. The van der Waals surface area contributed by atoms with Gasteiger partial charge in [-0.3, -0.25) is 0 Å². The van der Waals surface area contributed by atoms with Gasteiger partial charge in [0, 0.05) is 16.7 Å². The van der Waals surface area contributed by atoms with E-state index >= 15 is 0 Å². The van der Waals surface area contributed by atoms with Crippen LogP contribution in [0, 0.1) is 13.8 Å². The highest BCUT2D eigenvalue weighted by Crippen LogP contribution is 2.34. The molecule has 2 aromatic heterocycles. The Morgan fingerprint density at radius 3 is 2.56 bits per heavy atom. The van der Waals surface area contributed by atoms with Crippen LogP contribution in [-0.4, -0.2) is 31.3 Å². The Bertz CT molecular complexity index is 1380. The number of nitrogens with one attached hydrogen (secondary N) is 1. The summed E-state index contributed by atoms with van der Waals surface area (Å²) in [5, 5.41) is 3.84. The Labute approximate surface area is 199 Å². The Morgan fingerprint density at radius 2 is 1.88 bits per heavy atom. The second kappa shape index (κ2) is 9.82. The summed E-state index contributed by atoms with van der Waals surface area (Å²) in [6.45, 7) is 7.95. The molecule has 0 aliphatic rings. The first-order chi connectivity index (χ1) is 16.3. The quantitative estimate of drug-likeness (QED) is 0.342. The molecule has 0 saturated heterocycles. The van der Waals surface area contributed by atoms with E-state index in [0.717, 1.165) is 16.7 Å². The largest absolute Gasteiger partial charge is 0.445 e. The molecule has 34 heavy (non-hydrogen) atoms. The van der Waals surface area contributed by atoms with Crippen molar-refractivity contribution in [1.29, 1.82) is 0 Å². The number of hydrogen-bond donors (Lipinski definition) is 1. The summed E-state index contributed by atoms with van der Waals surface area (Å²) in [5.41, 5.74) is 4.35. The van der Waals surface area contributed by atoms with Gasteiger partial charge in [-0.2, -0.15) is 0 Å². The molecule has 0 radical (unpaired) electrons. The van der Waals surface area contributed by atoms with Crippen molar-refractivity contribution in [1.82, 2.24) is 10.1 Å². The lowest BCUT2D eigenvalue weighted by Crippen LogP contribution is -2.14. The first kappa shape index (κ1) is 23.7. The lowest BCUT2D eigenvalue weighted by molar-refractivity contribution is 0.0814. The van der Waals surface area contributed by atoms with E-state index in [1.807, 2.05) is 38.1 Å². The molecule has 0 bridgehead atoms. The van der Waals surface area contributed by atoms with Crippen molar-refractivity contribution >= 4 is 15.9 Å². The Hall–Kier alpha value is -3.43. The minimum Gasteiger partial charge on any atom is -0.445 e. The van der Waals surface area contributed by atoms with E-state index in [1.54, 1.807) is 38.2 Å². The number of aromatic nitrogens is 2. The monoisotopic (exact) mass is 481 g/mol. The number of sulfonamides is 1. The van der Waals surface area contributed by atoms with Crippen molar-refractivity contribution in [3.8, 4) is 22.6 Å². The minimum absolute atomic E-state index is 0.0869. The van der Waals surface area contributed by atoms with E-state index in [0.29, 0.717) is 35.7 Å². The predicted octanol–water partition coefficient (Wildman–Crippen LogP) is 5.38. The number of ether oxygens (including phenoxy) is 1. The second-order valence-corrected chi connectivity index (χ2v) is 9.85. The third-order valence-electron chi connectivity index (χ3n) is 5.46. The lowest BCUT2D eigenvalue weighted by Gasteiger charge is -2.16. The molecule has 0 saturated carbocycles. The summed E-state index contributed by atoms with van der Waals surface area (Å²) in [5.74, 6) is 0.605.